The van der Waals surface area contributed by atoms with E-state index in [0.717, 1.165) is 41.8 Å². The average Bonchev–Trinajstić information content (AvgIpc) is 2.84. The van der Waals surface area contributed by atoms with Gasteiger partial charge in [-0.25, -0.2) is 0 Å². The summed E-state index contributed by atoms with van der Waals surface area (Å²) in [6.45, 7) is 8.37. The van der Waals surface area contributed by atoms with E-state index in [1.54, 1.807) is 26.4 Å². The molecule has 0 aliphatic rings. The Morgan fingerprint density at radius 2 is 1.56 bits per heavy atom. The molecule has 0 radical (unpaired) electrons. The van der Waals surface area contributed by atoms with E-state index in [4.69, 9.17) is 19.1 Å². The van der Waals surface area contributed by atoms with Crippen LogP contribution in [0.25, 0.3) is 0 Å². The van der Waals surface area contributed by atoms with Crippen molar-refractivity contribution in [3.8, 4) is 11.5 Å². The fourth-order valence-electron chi connectivity index (χ4n) is 2.33. The first-order chi connectivity index (χ1) is 15.4. The lowest BCUT2D eigenvalue weighted by Crippen LogP contribution is -2.11. The molecule has 0 fully saturated rings. The molecule has 8 heteroatoms. The van der Waals surface area contributed by atoms with Gasteiger partial charge in [-0.15, -0.1) is 0 Å². The van der Waals surface area contributed by atoms with Crippen LogP contribution in [-0.4, -0.2) is 58.0 Å². The summed E-state index contributed by atoms with van der Waals surface area (Å²) < 4.78 is 10.4. The van der Waals surface area contributed by atoms with Crippen molar-refractivity contribution in [2.75, 3.05) is 33.6 Å². The topological polar surface area (TPSA) is 98.8 Å². The number of rotatable bonds is 8. The lowest BCUT2D eigenvalue weighted by Gasteiger charge is -2.09. The SMILES string of the molecule is C=O.C=O.CC(=O)SCC(=O)c1ccc(C)cc1.CNCCc1cc(OC)ccc1OC. The molecule has 0 aromatic heterocycles. The number of carbonyl (C=O) groups is 4. The smallest absolute Gasteiger partial charge is 0.186 e. The summed E-state index contributed by atoms with van der Waals surface area (Å²) in [5.74, 6) is 2.03. The van der Waals surface area contributed by atoms with Gasteiger partial charge in [0.1, 0.15) is 25.1 Å². The number of benzene rings is 2. The molecule has 32 heavy (non-hydrogen) atoms. The van der Waals surface area contributed by atoms with Crippen LogP contribution in [0.2, 0.25) is 0 Å². The van der Waals surface area contributed by atoms with Crippen molar-refractivity contribution >= 4 is 36.2 Å². The first-order valence-electron chi connectivity index (χ1n) is 9.57. The molecule has 2 aromatic rings. The van der Waals surface area contributed by atoms with Gasteiger partial charge in [0.05, 0.1) is 20.0 Å². The summed E-state index contributed by atoms with van der Waals surface area (Å²) in [5, 5.41) is 3.09. The van der Waals surface area contributed by atoms with Gasteiger partial charge in [0, 0.05) is 12.5 Å². The molecule has 0 saturated carbocycles. The van der Waals surface area contributed by atoms with Gasteiger partial charge in [-0.05, 0) is 50.7 Å². The third-order valence-corrected chi connectivity index (χ3v) is 4.73. The van der Waals surface area contributed by atoms with Gasteiger partial charge in [0.2, 0.25) is 0 Å². The minimum Gasteiger partial charge on any atom is -0.497 e. The van der Waals surface area contributed by atoms with Gasteiger partial charge in [0.15, 0.2) is 10.9 Å². The summed E-state index contributed by atoms with van der Waals surface area (Å²) in [6, 6.07) is 13.2. The van der Waals surface area contributed by atoms with E-state index in [1.165, 1.54) is 12.5 Å². The molecule has 2 rings (SSSR count). The molecule has 0 unspecified atom stereocenters. The highest BCUT2D eigenvalue weighted by Crippen LogP contribution is 2.23. The number of nitrogens with one attached hydrogen (secondary N) is 1. The summed E-state index contributed by atoms with van der Waals surface area (Å²) in [5.41, 5.74) is 2.96. The molecule has 2 aromatic carbocycles. The van der Waals surface area contributed by atoms with Crippen molar-refractivity contribution in [1.82, 2.24) is 5.32 Å². The Bertz CT molecular complexity index is 794. The number of aryl methyl sites for hydroxylation is 1. The molecule has 0 spiro atoms. The summed E-state index contributed by atoms with van der Waals surface area (Å²) in [4.78, 5) is 38.1. The Morgan fingerprint density at radius 3 is 2.03 bits per heavy atom. The highest BCUT2D eigenvalue weighted by Gasteiger charge is 2.06. The number of thioether (sulfide) groups is 1. The number of carbonyl (C=O) groups excluding carboxylic acids is 4. The minimum atomic E-state index is -0.0227. The maximum Gasteiger partial charge on any atom is 0.186 e. The van der Waals surface area contributed by atoms with E-state index >= 15 is 0 Å². The Balaban J connectivity index is 0. The zero-order valence-corrected chi connectivity index (χ0v) is 20.3. The van der Waals surface area contributed by atoms with E-state index in [0.29, 0.717) is 5.56 Å². The molecule has 0 amide bonds. The van der Waals surface area contributed by atoms with Crippen molar-refractivity contribution < 1.29 is 28.7 Å². The van der Waals surface area contributed by atoms with Gasteiger partial charge in [0.25, 0.3) is 0 Å². The number of likely N-dealkylation sites (N-methyl/N-ethyl adjacent to an activating group) is 1. The van der Waals surface area contributed by atoms with Crippen LogP contribution in [0, 0.1) is 6.92 Å². The highest BCUT2D eigenvalue weighted by atomic mass is 32.2. The number of methoxy groups -OCH3 is 2. The zero-order valence-electron chi connectivity index (χ0n) is 19.4. The number of hydrogen-bond donors (Lipinski definition) is 1. The second kappa shape index (κ2) is 20.0. The van der Waals surface area contributed by atoms with Crippen molar-refractivity contribution in [3.63, 3.8) is 0 Å². The Labute approximate surface area is 194 Å². The fourth-order valence-corrected chi connectivity index (χ4v) is 2.83. The molecule has 0 aliphatic carbocycles. The molecule has 7 nitrogen and oxygen atoms in total. The standard InChI is InChI=1S/C11H17NO2.C11H12O2S.2CH2O/c1-12-7-6-9-8-10(13-2)4-5-11(9)14-3;1-8-3-5-10(6-4-8)11(13)7-14-9(2)12;2*1-2/h4-5,8,12H,6-7H2,1-3H3;3-6H,7H2,1-2H3;2*1H2. The van der Waals surface area contributed by atoms with Gasteiger partial charge < -0.3 is 24.4 Å². The van der Waals surface area contributed by atoms with Crippen LogP contribution < -0.4 is 14.8 Å². The summed E-state index contributed by atoms with van der Waals surface area (Å²) in [6.07, 6.45) is 0.941. The van der Waals surface area contributed by atoms with Gasteiger partial charge in [-0.1, -0.05) is 41.6 Å². The van der Waals surface area contributed by atoms with E-state index in [-0.39, 0.29) is 16.7 Å². The molecule has 0 aliphatic heterocycles. The molecule has 0 heterocycles. The molecule has 176 valence electrons. The summed E-state index contributed by atoms with van der Waals surface area (Å²) >= 11 is 1.05. The summed E-state index contributed by atoms with van der Waals surface area (Å²) in [7, 11) is 5.29. The molecular formula is C24H33NO6S. The van der Waals surface area contributed by atoms with E-state index in [9.17, 15) is 9.59 Å². The van der Waals surface area contributed by atoms with Crippen molar-refractivity contribution in [2.45, 2.75) is 20.3 Å². The Hall–Kier alpha value is -2.97. The largest absolute Gasteiger partial charge is 0.497 e. The van der Waals surface area contributed by atoms with Crippen LogP contribution in [0.5, 0.6) is 11.5 Å². The third-order valence-electron chi connectivity index (χ3n) is 3.91. The first kappa shape index (κ1) is 31.2. The van der Waals surface area contributed by atoms with E-state index in [1.807, 2.05) is 57.9 Å². The number of ether oxygens (including phenoxy) is 2. The predicted octanol–water partition coefficient (Wildman–Crippen LogP) is 3.55. The zero-order chi connectivity index (χ0) is 24.9. The maximum absolute atomic E-state index is 11.5. The predicted molar refractivity (Wildman–Crippen MR) is 130 cm³/mol. The van der Waals surface area contributed by atoms with Gasteiger partial charge in [-0.3, -0.25) is 9.59 Å². The van der Waals surface area contributed by atoms with Crippen molar-refractivity contribution in [2.24, 2.45) is 0 Å². The van der Waals surface area contributed by atoms with Crippen molar-refractivity contribution in [1.29, 1.82) is 0 Å². The van der Waals surface area contributed by atoms with Crippen LogP contribution in [0.15, 0.2) is 42.5 Å². The second-order valence-corrected chi connectivity index (χ2v) is 7.25. The first-order valence-corrected chi connectivity index (χ1v) is 10.6. The van der Waals surface area contributed by atoms with Gasteiger partial charge >= 0.3 is 0 Å². The third kappa shape index (κ3) is 13.4. The molecule has 0 atom stereocenters. The molecule has 0 saturated heterocycles. The van der Waals surface area contributed by atoms with Gasteiger partial charge in [-0.2, -0.15) is 0 Å². The molecule has 1 N–H and O–H groups in total. The lowest BCUT2D eigenvalue weighted by molar-refractivity contribution is -0.109. The quantitative estimate of drug-likeness (QED) is 0.594. The van der Waals surface area contributed by atoms with Crippen LogP contribution in [-0.2, 0) is 20.8 Å². The van der Waals surface area contributed by atoms with Crippen molar-refractivity contribution in [3.05, 3.63) is 59.2 Å². The van der Waals surface area contributed by atoms with E-state index in [2.05, 4.69) is 5.32 Å². The number of hydrogen-bond acceptors (Lipinski definition) is 8. The monoisotopic (exact) mass is 463 g/mol. The fraction of sp³-hybridized carbons (Fsp3) is 0.333. The van der Waals surface area contributed by atoms with Crippen LogP contribution in [0.1, 0.15) is 28.4 Å². The minimum absolute atomic E-state index is 0.00481. The average molecular weight is 464 g/mol. The van der Waals surface area contributed by atoms with Crippen LogP contribution in [0.3, 0.4) is 0 Å². The Kier molecular flexibility index (Phi) is 19.5. The Morgan fingerprint density at radius 1 is 0.969 bits per heavy atom. The second-order valence-electron chi connectivity index (χ2n) is 6.10. The highest BCUT2D eigenvalue weighted by molar-refractivity contribution is 8.14. The maximum atomic E-state index is 11.5. The number of Topliss-reactive ketones (excluding diaryl/α,β-unsaturated/α-hetero) is 1. The van der Waals surface area contributed by atoms with Crippen LogP contribution in [0.4, 0.5) is 0 Å². The van der Waals surface area contributed by atoms with E-state index < -0.39 is 0 Å². The van der Waals surface area contributed by atoms with Crippen LogP contribution >= 0.6 is 11.8 Å². The normalized spacial score (nSPS) is 8.91. The molecule has 0 bridgehead atoms. The lowest BCUT2D eigenvalue weighted by atomic mass is 10.1. The number of ketones is 1. The molecular weight excluding hydrogens is 430 g/mol.